The predicted molar refractivity (Wildman–Crippen MR) is 81.3 cm³/mol. The van der Waals surface area contributed by atoms with Gasteiger partial charge in [-0.2, -0.15) is 0 Å². The SMILES string of the molecule is Clc1ccc2c(c1)[C@H](Br)[C@@H](Br)c1ccccc1O2. The number of rotatable bonds is 0. The maximum absolute atomic E-state index is 6.06. The molecule has 92 valence electrons. The van der Waals surface area contributed by atoms with Gasteiger partial charge in [-0.3, -0.25) is 0 Å². The Balaban J connectivity index is 2.20. The molecule has 0 saturated carbocycles. The van der Waals surface area contributed by atoms with Crippen LogP contribution in [0.15, 0.2) is 42.5 Å². The molecule has 0 saturated heterocycles. The Morgan fingerprint density at radius 3 is 2.39 bits per heavy atom. The van der Waals surface area contributed by atoms with E-state index in [1.54, 1.807) is 0 Å². The Morgan fingerprint density at radius 2 is 1.56 bits per heavy atom. The van der Waals surface area contributed by atoms with E-state index in [1.165, 1.54) is 0 Å². The Bertz CT molecular complexity index is 600. The van der Waals surface area contributed by atoms with Crippen molar-refractivity contribution >= 4 is 43.5 Å². The quantitative estimate of drug-likeness (QED) is 0.502. The van der Waals surface area contributed by atoms with Crippen molar-refractivity contribution in [2.24, 2.45) is 0 Å². The molecule has 0 N–H and O–H groups in total. The summed E-state index contributed by atoms with van der Waals surface area (Å²) in [6.45, 7) is 0. The van der Waals surface area contributed by atoms with Gasteiger partial charge in [0.25, 0.3) is 0 Å². The zero-order valence-corrected chi connectivity index (χ0v) is 13.2. The van der Waals surface area contributed by atoms with E-state index in [4.69, 9.17) is 16.3 Å². The van der Waals surface area contributed by atoms with Gasteiger partial charge in [0.1, 0.15) is 11.5 Å². The molecule has 1 aliphatic heterocycles. The normalized spacial score (nSPS) is 21.5. The molecule has 0 radical (unpaired) electrons. The third kappa shape index (κ3) is 2.09. The molecule has 4 heteroatoms. The summed E-state index contributed by atoms with van der Waals surface area (Å²) in [5.74, 6) is 1.72. The average molecular weight is 388 g/mol. The topological polar surface area (TPSA) is 9.23 Å². The lowest BCUT2D eigenvalue weighted by Gasteiger charge is -2.15. The van der Waals surface area contributed by atoms with Crippen LogP contribution in [0.2, 0.25) is 5.02 Å². The minimum absolute atomic E-state index is 0.120. The number of alkyl halides is 2. The fraction of sp³-hybridized carbons (Fsp3) is 0.143. The van der Waals surface area contributed by atoms with Gasteiger partial charge in [0.2, 0.25) is 0 Å². The van der Waals surface area contributed by atoms with E-state index in [-0.39, 0.29) is 9.65 Å². The van der Waals surface area contributed by atoms with E-state index in [0.717, 1.165) is 22.6 Å². The van der Waals surface area contributed by atoms with Crippen LogP contribution in [-0.2, 0) is 0 Å². The average Bonchev–Trinajstić information content (AvgIpc) is 2.48. The van der Waals surface area contributed by atoms with E-state index >= 15 is 0 Å². The van der Waals surface area contributed by atoms with Gasteiger partial charge < -0.3 is 4.74 Å². The van der Waals surface area contributed by atoms with Crippen LogP contribution in [0.4, 0.5) is 0 Å². The first-order valence-electron chi connectivity index (χ1n) is 5.51. The molecule has 2 atom stereocenters. The Morgan fingerprint density at radius 1 is 0.889 bits per heavy atom. The summed E-state index contributed by atoms with van der Waals surface area (Å²) in [5.41, 5.74) is 2.19. The first-order chi connectivity index (χ1) is 8.66. The molecular formula is C14H9Br2ClO. The second-order valence-corrected chi connectivity index (χ2v) is 6.54. The van der Waals surface area contributed by atoms with Crippen LogP contribution in [0.25, 0.3) is 0 Å². The van der Waals surface area contributed by atoms with Gasteiger partial charge in [-0.05, 0) is 24.3 Å². The van der Waals surface area contributed by atoms with Crippen LogP contribution in [0.5, 0.6) is 11.5 Å². The molecule has 3 rings (SSSR count). The minimum atomic E-state index is 0.120. The lowest BCUT2D eigenvalue weighted by molar-refractivity contribution is 0.479. The van der Waals surface area contributed by atoms with Crippen LogP contribution in [0, 0.1) is 0 Å². The zero-order chi connectivity index (χ0) is 12.7. The third-order valence-electron chi connectivity index (χ3n) is 2.96. The molecule has 18 heavy (non-hydrogen) atoms. The lowest BCUT2D eigenvalue weighted by atomic mass is 10.0. The molecule has 1 heterocycles. The van der Waals surface area contributed by atoms with Gasteiger partial charge in [-0.15, -0.1) is 0 Å². The lowest BCUT2D eigenvalue weighted by Crippen LogP contribution is -1.96. The summed E-state index contributed by atoms with van der Waals surface area (Å²) in [6.07, 6.45) is 0. The Labute approximate surface area is 127 Å². The summed E-state index contributed by atoms with van der Waals surface area (Å²) < 4.78 is 5.98. The fourth-order valence-electron chi connectivity index (χ4n) is 2.06. The van der Waals surface area contributed by atoms with Gasteiger partial charge >= 0.3 is 0 Å². The van der Waals surface area contributed by atoms with Crippen molar-refractivity contribution in [1.29, 1.82) is 0 Å². The number of hydrogen-bond acceptors (Lipinski definition) is 1. The molecule has 2 aromatic rings. The molecule has 0 bridgehead atoms. The van der Waals surface area contributed by atoms with Gasteiger partial charge in [0, 0.05) is 16.1 Å². The summed E-state index contributed by atoms with van der Waals surface area (Å²) in [7, 11) is 0. The van der Waals surface area contributed by atoms with Gasteiger partial charge in [0.05, 0.1) is 9.65 Å². The fourth-order valence-corrected chi connectivity index (χ4v) is 3.55. The van der Waals surface area contributed by atoms with E-state index in [9.17, 15) is 0 Å². The Kier molecular flexibility index (Phi) is 3.39. The van der Waals surface area contributed by atoms with E-state index in [2.05, 4.69) is 37.9 Å². The molecular weight excluding hydrogens is 379 g/mol. The van der Waals surface area contributed by atoms with Crippen molar-refractivity contribution in [3.05, 3.63) is 58.6 Å². The first kappa shape index (κ1) is 12.5. The highest BCUT2D eigenvalue weighted by Crippen LogP contribution is 2.52. The van der Waals surface area contributed by atoms with Crippen molar-refractivity contribution in [3.63, 3.8) is 0 Å². The maximum atomic E-state index is 6.06. The summed E-state index contributed by atoms with van der Waals surface area (Å²) in [5, 5.41) is 0.715. The smallest absolute Gasteiger partial charge is 0.131 e. The van der Waals surface area contributed by atoms with Crippen molar-refractivity contribution < 1.29 is 4.74 Å². The number of hydrogen-bond donors (Lipinski definition) is 0. The van der Waals surface area contributed by atoms with Crippen LogP contribution >= 0.6 is 43.5 Å². The third-order valence-corrected chi connectivity index (χ3v) is 5.95. The van der Waals surface area contributed by atoms with Gasteiger partial charge in [0.15, 0.2) is 0 Å². The van der Waals surface area contributed by atoms with E-state index < -0.39 is 0 Å². The summed E-state index contributed by atoms with van der Waals surface area (Å²) in [6, 6.07) is 13.7. The van der Waals surface area contributed by atoms with E-state index in [1.807, 2.05) is 36.4 Å². The largest absolute Gasteiger partial charge is 0.457 e. The van der Waals surface area contributed by atoms with Crippen LogP contribution in [-0.4, -0.2) is 0 Å². The molecule has 2 aromatic carbocycles. The van der Waals surface area contributed by atoms with Crippen LogP contribution < -0.4 is 4.74 Å². The van der Waals surface area contributed by atoms with Crippen molar-refractivity contribution in [2.45, 2.75) is 9.65 Å². The molecule has 0 unspecified atom stereocenters. The van der Waals surface area contributed by atoms with Crippen molar-refractivity contribution in [2.75, 3.05) is 0 Å². The van der Waals surface area contributed by atoms with Gasteiger partial charge in [-0.25, -0.2) is 0 Å². The van der Waals surface area contributed by atoms with Crippen molar-refractivity contribution in [3.8, 4) is 11.5 Å². The highest BCUT2D eigenvalue weighted by molar-refractivity contribution is 9.12. The van der Waals surface area contributed by atoms with Crippen LogP contribution in [0.3, 0.4) is 0 Å². The highest BCUT2D eigenvalue weighted by Gasteiger charge is 2.29. The Hall–Kier alpha value is -0.510. The molecule has 0 amide bonds. The number of ether oxygens (including phenoxy) is 1. The van der Waals surface area contributed by atoms with Crippen molar-refractivity contribution in [1.82, 2.24) is 0 Å². The number of benzene rings is 2. The molecule has 0 aromatic heterocycles. The zero-order valence-electron chi connectivity index (χ0n) is 9.24. The highest BCUT2D eigenvalue weighted by atomic mass is 79.9. The number of halogens is 3. The number of para-hydroxylation sites is 1. The summed E-state index contributed by atoms with van der Waals surface area (Å²) in [4.78, 5) is 0.267. The first-order valence-corrected chi connectivity index (χ1v) is 7.72. The second kappa shape index (κ2) is 4.87. The number of fused-ring (bicyclic) bond motifs is 2. The maximum Gasteiger partial charge on any atom is 0.131 e. The summed E-state index contributed by atoms with van der Waals surface area (Å²) >= 11 is 13.5. The minimum Gasteiger partial charge on any atom is -0.457 e. The predicted octanol–water partition coefficient (Wildman–Crippen LogP) is 6.02. The molecule has 0 fully saturated rings. The monoisotopic (exact) mass is 386 g/mol. The molecule has 0 aliphatic carbocycles. The molecule has 0 spiro atoms. The van der Waals surface area contributed by atoms with Gasteiger partial charge in [-0.1, -0.05) is 61.7 Å². The molecule has 1 nitrogen and oxygen atoms in total. The standard InChI is InChI=1S/C14H9Br2ClO/c15-13-9-3-1-2-4-11(9)18-12-6-5-8(17)7-10(12)14(13)16/h1-7,13-14H/t13-,14-/m0/s1. The van der Waals surface area contributed by atoms with E-state index in [0.29, 0.717) is 5.02 Å². The second-order valence-electron chi connectivity index (χ2n) is 4.13. The molecule has 1 aliphatic rings. The van der Waals surface area contributed by atoms with Crippen LogP contribution in [0.1, 0.15) is 20.8 Å².